The molecule has 0 atom stereocenters. The standard InChI is InChI=1S/C17H24N2/c1-4-6-9-18-12-15-10-13(3)19-17-8-7-14(5-2)11-16(15)17/h7-8,10-11,18H,4-6,9,12H2,1-3H3. The maximum absolute atomic E-state index is 4.63. The van der Waals surface area contributed by atoms with Gasteiger partial charge in [-0.3, -0.25) is 4.98 Å². The Labute approximate surface area is 116 Å². The van der Waals surface area contributed by atoms with Crippen molar-refractivity contribution in [1.29, 1.82) is 0 Å². The van der Waals surface area contributed by atoms with Crippen molar-refractivity contribution in [1.82, 2.24) is 10.3 Å². The molecule has 0 amide bonds. The summed E-state index contributed by atoms with van der Waals surface area (Å²) >= 11 is 0. The number of fused-ring (bicyclic) bond motifs is 1. The van der Waals surface area contributed by atoms with Gasteiger partial charge in [0.15, 0.2) is 0 Å². The third kappa shape index (κ3) is 3.54. The summed E-state index contributed by atoms with van der Waals surface area (Å²) in [7, 11) is 0. The van der Waals surface area contributed by atoms with Gasteiger partial charge in [-0.2, -0.15) is 0 Å². The van der Waals surface area contributed by atoms with Gasteiger partial charge >= 0.3 is 0 Å². The minimum atomic E-state index is 0.938. The van der Waals surface area contributed by atoms with E-state index in [4.69, 9.17) is 0 Å². The zero-order valence-corrected chi connectivity index (χ0v) is 12.3. The van der Waals surface area contributed by atoms with E-state index < -0.39 is 0 Å². The molecule has 0 radical (unpaired) electrons. The van der Waals surface area contributed by atoms with Crippen LogP contribution in [0.5, 0.6) is 0 Å². The molecule has 1 aromatic heterocycles. The van der Waals surface area contributed by atoms with Crippen molar-refractivity contribution in [2.75, 3.05) is 6.54 Å². The number of pyridine rings is 1. The summed E-state index contributed by atoms with van der Waals surface area (Å²) in [5.41, 5.74) is 4.97. The van der Waals surface area contributed by atoms with Crippen LogP contribution in [-0.4, -0.2) is 11.5 Å². The summed E-state index contributed by atoms with van der Waals surface area (Å²) in [6, 6.07) is 8.83. The van der Waals surface area contributed by atoms with E-state index in [-0.39, 0.29) is 0 Å². The largest absolute Gasteiger partial charge is 0.313 e. The molecule has 102 valence electrons. The Balaban J connectivity index is 2.28. The van der Waals surface area contributed by atoms with E-state index in [0.29, 0.717) is 0 Å². The Bertz CT molecular complexity index is 546. The summed E-state index contributed by atoms with van der Waals surface area (Å²) in [6.45, 7) is 8.52. The van der Waals surface area contributed by atoms with Crippen LogP contribution < -0.4 is 5.32 Å². The lowest BCUT2D eigenvalue weighted by Gasteiger charge is -2.10. The zero-order chi connectivity index (χ0) is 13.7. The quantitative estimate of drug-likeness (QED) is 0.790. The third-order valence-electron chi connectivity index (χ3n) is 3.52. The van der Waals surface area contributed by atoms with Gasteiger partial charge in [0, 0.05) is 17.6 Å². The Morgan fingerprint density at radius 1 is 1.16 bits per heavy atom. The fraction of sp³-hybridized carbons (Fsp3) is 0.471. The number of unbranched alkanes of at least 4 members (excludes halogenated alkanes) is 1. The van der Waals surface area contributed by atoms with Crippen LogP contribution in [0.2, 0.25) is 0 Å². The van der Waals surface area contributed by atoms with Crippen LogP contribution in [0.1, 0.15) is 43.5 Å². The highest BCUT2D eigenvalue weighted by Gasteiger charge is 2.04. The summed E-state index contributed by atoms with van der Waals surface area (Å²) < 4.78 is 0. The lowest BCUT2D eigenvalue weighted by molar-refractivity contribution is 0.643. The smallest absolute Gasteiger partial charge is 0.0708 e. The Morgan fingerprint density at radius 3 is 2.74 bits per heavy atom. The molecule has 0 saturated carbocycles. The molecule has 1 aromatic carbocycles. The normalized spacial score (nSPS) is 11.1. The molecule has 2 aromatic rings. The Hall–Kier alpha value is -1.41. The summed E-state index contributed by atoms with van der Waals surface area (Å²) in [5.74, 6) is 0. The number of benzene rings is 1. The van der Waals surface area contributed by atoms with E-state index in [9.17, 15) is 0 Å². The monoisotopic (exact) mass is 256 g/mol. The van der Waals surface area contributed by atoms with Crippen LogP contribution in [0.4, 0.5) is 0 Å². The molecule has 0 aliphatic heterocycles. The molecule has 19 heavy (non-hydrogen) atoms. The lowest BCUT2D eigenvalue weighted by atomic mass is 10.0. The predicted octanol–water partition coefficient (Wildman–Crippen LogP) is 4.00. The minimum absolute atomic E-state index is 0.938. The van der Waals surface area contributed by atoms with Crippen molar-refractivity contribution in [3.8, 4) is 0 Å². The molecule has 2 rings (SSSR count). The van der Waals surface area contributed by atoms with Crippen LogP contribution >= 0.6 is 0 Å². The number of nitrogens with zero attached hydrogens (tertiary/aromatic N) is 1. The third-order valence-corrected chi connectivity index (χ3v) is 3.52. The van der Waals surface area contributed by atoms with Gasteiger partial charge in [-0.05, 0) is 55.6 Å². The van der Waals surface area contributed by atoms with E-state index in [1.807, 2.05) is 0 Å². The van der Waals surface area contributed by atoms with Crippen molar-refractivity contribution in [2.45, 2.75) is 46.6 Å². The van der Waals surface area contributed by atoms with Crippen molar-refractivity contribution in [2.24, 2.45) is 0 Å². The highest BCUT2D eigenvalue weighted by Crippen LogP contribution is 2.20. The Kier molecular flexibility index (Phi) is 4.92. The van der Waals surface area contributed by atoms with Crippen molar-refractivity contribution < 1.29 is 0 Å². The van der Waals surface area contributed by atoms with Gasteiger partial charge < -0.3 is 5.32 Å². The second kappa shape index (κ2) is 6.67. The molecule has 0 saturated heterocycles. The van der Waals surface area contributed by atoms with E-state index in [0.717, 1.165) is 30.7 Å². The molecule has 1 heterocycles. The molecular formula is C17H24N2. The first-order valence-electron chi connectivity index (χ1n) is 7.34. The summed E-state index contributed by atoms with van der Waals surface area (Å²) in [5, 5.41) is 4.83. The van der Waals surface area contributed by atoms with Crippen molar-refractivity contribution in [3.05, 3.63) is 41.1 Å². The molecule has 1 N–H and O–H groups in total. The topological polar surface area (TPSA) is 24.9 Å². The van der Waals surface area contributed by atoms with Gasteiger partial charge in [0.2, 0.25) is 0 Å². The number of rotatable bonds is 6. The number of aromatic nitrogens is 1. The van der Waals surface area contributed by atoms with Gasteiger partial charge in [0.1, 0.15) is 0 Å². The maximum atomic E-state index is 4.63. The molecule has 0 fully saturated rings. The molecule has 2 nitrogen and oxygen atoms in total. The SMILES string of the molecule is CCCCNCc1cc(C)nc2ccc(CC)cc12. The van der Waals surface area contributed by atoms with Gasteiger partial charge in [-0.25, -0.2) is 0 Å². The van der Waals surface area contributed by atoms with Crippen LogP contribution in [0.25, 0.3) is 10.9 Å². The first-order chi connectivity index (χ1) is 9.24. The first-order valence-corrected chi connectivity index (χ1v) is 7.34. The van der Waals surface area contributed by atoms with Crippen LogP contribution in [-0.2, 0) is 13.0 Å². The van der Waals surface area contributed by atoms with E-state index in [2.05, 4.69) is 55.3 Å². The summed E-state index contributed by atoms with van der Waals surface area (Å²) in [6.07, 6.45) is 3.55. The van der Waals surface area contributed by atoms with E-state index in [1.165, 1.54) is 29.4 Å². The van der Waals surface area contributed by atoms with Gasteiger partial charge in [0.05, 0.1) is 5.52 Å². The Morgan fingerprint density at radius 2 is 2.00 bits per heavy atom. The molecule has 0 aliphatic carbocycles. The van der Waals surface area contributed by atoms with Crippen LogP contribution in [0.3, 0.4) is 0 Å². The molecule has 0 spiro atoms. The second-order valence-electron chi connectivity index (χ2n) is 5.16. The van der Waals surface area contributed by atoms with E-state index >= 15 is 0 Å². The number of hydrogen-bond acceptors (Lipinski definition) is 2. The molecular weight excluding hydrogens is 232 g/mol. The van der Waals surface area contributed by atoms with Crippen molar-refractivity contribution >= 4 is 10.9 Å². The highest BCUT2D eigenvalue weighted by molar-refractivity contribution is 5.83. The molecule has 0 aliphatic rings. The summed E-state index contributed by atoms with van der Waals surface area (Å²) in [4.78, 5) is 4.63. The van der Waals surface area contributed by atoms with Gasteiger partial charge in [0.25, 0.3) is 0 Å². The first kappa shape index (κ1) is 14.0. The van der Waals surface area contributed by atoms with Crippen LogP contribution in [0.15, 0.2) is 24.3 Å². The zero-order valence-electron chi connectivity index (χ0n) is 12.3. The van der Waals surface area contributed by atoms with Gasteiger partial charge in [-0.15, -0.1) is 0 Å². The highest BCUT2D eigenvalue weighted by atomic mass is 14.8. The number of nitrogens with one attached hydrogen (secondary N) is 1. The van der Waals surface area contributed by atoms with E-state index in [1.54, 1.807) is 0 Å². The van der Waals surface area contributed by atoms with Crippen molar-refractivity contribution in [3.63, 3.8) is 0 Å². The average Bonchev–Trinajstić information content (AvgIpc) is 2.43. The minimum Gasteiger partial charge on any atom is -0.313 e. The predicted molar refractivity (Wildman–Crippen MR) is 82.5 cm³/mol. The number of aryl methyl sites for hydroxylation is 2. The fourth-order valence-corrected chi connectivity index (χ4v) is 2.38. The average molecular weight is 256 g/mol. The number of hydrogen-bond donors (Lipinski definition) is 1. The van der Waals surface area contributed by atoms with Crippen LogP contribution in [0, 0.1) is 6.92 Å². The maximum Gasteiger partial charge on any atom is 0.0708 e. The van der Waals surface area contributed by atoms with Gasteiger partial charge in [-0.1, -0.05) is 26.3 Å². The molecule has 0 unspecified atom stereocenters. The fourth-order valence-electron chi connectivity index (χ4n) is 2.38. The second-order valence-corrected chi connectivity index (χ2v) is 5.16. The molecule has 2 heteroatoms. The molecule has 0 bridgehead atoms. The lowest BCUT2D eigenvalue weighted by Crippen LogP contribution is -2.15.